The van der Waals surface area contributed by atoms with Crippen LogP contribution in [0.5, 0.6) is 5.75 Å². The van der Waals surface area contributed by atoms with Crippen LogP contribution in [0.25, 0.3) is 16.9 Å². The molecule has 46 heavy (non-hydrogen) atoms. The molecule has 1 aliphatic heterocycles. The van der Waals surface area contributed by atoms with Gasteiger partial charge < -0.3 is 30.5 Å². The second kappa shape index (κ2) is 13.3. The summed E-state index contributed by atoms with van der Waals surface area (Å²) >= 11 is 0. The standard InChI is InChI=1S/C33H36FN7O5/c1-20-30(22-8-9-25-24(16-22)37-29(43)18-46-25)40-41(23-6-4-3-5-7-23)31(20)39-32(44)38-26-17-33(26,19-35-12-13-45-2)27(42)14-21-10-11-36-28(34)15-21/h3-11,15-16,26-27,35,42H,12-14,17-19H2,1-2H3,(H,37,43)(H2,38,39,44)/t26?,27-,33?/m1/s1. The Morgan fingerprint density at radius 1 is 1.24 bits per heavy atom. The van der Waals surface area contributed by atoms with Crippen molar-refractivity contribution in [2.24, 2.45) is 5.41 Å². The third-order valence-electron chi connectivity index (χ3n) is 8.48. The van der Waals surface area contributed by atoms with Crippen molar-refractivity contribution in [3.8, 4) is 22.7 Å². The number of carbonyl (C=O) groups is 2. The van der Waals surface area contributed by atoms with Crippen molar-refractivity contribution in [2.45, 2.75) is 31.9 Å². The molecule has 240 valence electrons. The lowest BCUT2D eigenvalue weighted by molar-refractivity contribution is -0.118. The number of carbonyl (C=O) groups excluding carboxylic acids is 2. The number of ether oxygens (including phenoxy) is 2. The molecule has 12 nitrogen and oxygen atoms in total. The Morgan fingerprint density at radius 2 is 2.07 bits per heavy atom. The fraction of sp³-hybridized carbons (Fsp3) is 0.333. The maximum atomic E-state index is 13.7. The number of urea groups is 1. The number of aromatic nitrogens is 3. The van der Waals surface area contributed by atoms with Crippen molar-refractivity contribution in [3.05, 3.63) is 83.9 Å². The van der Waals surface area contributed by atoms with Gasteiger partial charge in [-0.25, -0.2) is 14.5 Å². The predicted octanol–water partition coefficient (Wildman–Crippen LogP) is 3.43. The fourth-order valence-corrected chi connectivity index (χ4v) is 5.89. The van der Waals surface area contributed by atoms with Crippen molar-refractivity contribution in [1.29, 1.82) is 0 Å². The molecule has 0 bridgehead atoms. The SMILES string of the molecule is COCCNCC1([C@H](O)Cc2ccnc(F)c2)CC1NC(=O)Nc1c(C)c(-c2ccc3c(c2)NC(=O)CO3)nn1-c1ccccc1. The molecule has 0 spiro atoms. The number of hydrogen-bond acceptors (Lipinski definition) is 8. The van der Waals surface area contributed by atoms with Crippen LogP contribution in [0.1, 0.15) is 17.5 Å². The van der Waals surface area contributed by atoms with E-state index in [1.165, 1.54) is 12.3 Å². The summed E-state index contributed by atoms with van der Waals surface area (Å²) in [5, 5.41) is 28.4. The molecule has 6 rings (SSSR count). The molecule has 1 aliphatic carbocycles. The zero-order chi connectivity index (χ0) is 32.3. The first kappa shape index (κ1) is 31.1. The lowest BCUT2D eigenvalue weighted by atomic mass is 9.92. The average molecular weight is 630 g/mol. The lowest BCUT2D eigenvalue weighted by Gasteiger charge is -2.25. The highest BCUT2D eigenvalue weighted by Crippen LogP contribution is 2.49. The normalized spacial score (nSPS) is 19.0. The molecular weight excluding hydrogens is 593 g/mol. The molecule has 2 aromatic carbocycles. The largest absolute Gasteiger partial charge is 0.482 e. The van der Waals surface area contributed by atoms with Crippen LogP contribution in [0.15, 0.2) is 66.9 Å². The van der Waals surface area contributed by atoms with Crippen molar-refractivity contribution < 1.29 is 28.6 Å². The number of anilines is 2. The van der Waals surface area contributed by atoms with Crippen molar-refractivity contribution in [2.75, 3.05) is 44.0 Å². The van der Waals surface area contributed by atoms with E-state index in [1.807, 2.05) is 43.3 Å². The quantitative estimate of drug-likeness (QED) is 0.118. The number of aliphatic hydroxyl groups is 1. The van der Waals surface area contributed by atoms with Crippen LogP contribution < -0.4 is 26.0 Å². The van der Waals surface area contributed by atoms with E-state index < -0.39 is 23.5 Å². The molecule has 2 aromatic heterocycles. The first-order valence-corrected chi connectivity index (χ1v) is 15.0. The minimum atomic E-state index is -0.855. The summed E-state index contributed by atoms with van der Waals surface area (Å²) in [7, 11) is 1.61. The maximum absolute atomic E-state index is 13.7. The van der Waals surface area contributed by atoms with Gasteiger partial charge in [0.1, 0.15) is 11.6 Å². The fourth-order valence-electron chi connectivity index (χ4n) is 5.89. The van der Waals surface area contributed by atoms with E-state index in [0.717, 1.165) is 11.3 Å². The Labute approximate surface area is 265 Å². The van der Waals surface area contributed by atoms with Gasteiger partial charge in [0, 0.05) is 49.0 Å². The summed E-state index contributed by atoms with van der Waals surface area (Å²) in [6.45, 7) is 3.33. The number of para-hydroxylation sites is 1. The minimum absolute atomic E-state index is 0.0397. The monoisotopic (exact) mass is 629 g/mol. The van der Waals surface area contributed by atoms with E-state index in [0.29, 0.717) is 60.2 Å². The van der Waals surface area contributed by atoms with Crippen LogP contribution in [-0.2, 0) is 16.0 Å². The molecule has 2 unspecified atom stereocenters. The average Bonchev–Trinajstić information content (AvgIpc) is 3.65. The highest BCUT2D eigenvalue weighted by atomic mass is 19.1. The highest BCUT2D eigenvalue weighted by molar-refractivity contribution is 5.96. The molecule has 3 atom stereocenters. The first-order chi connectivity index (χ1) is 22.3. The van der Waals surface area contributed by atoms with Gasteiger partial charge in [0.15, 0.2) is 6.61 Å². The van der Waals surface area contributed by atoms with Crippen LogP contribution in [0.2, 0.25) is 0 Å². The van der Waals surface area contributed by atoms with E-state index in [9.17, 15) is 19.1 Å². The molecular formula is C33H36FN7O5. The number of amides is 3. The second-order valence-electron chi connectivity index (χ2n) is 11.6. The van der Waals surface area contributed by atoms with Crippen molar-refractivity contribution >= 4 is 23.4 Å². The molecule has 3 heterocycles. The molecule has 0 radical (unpaired) electrons. The van der Waals surface area contributed by atoms with Crippen LogP contribution in [0, 0.1) is 18.3 Å². The van der Waals surface area contributed by atoms with Crippen molar-refractivity contribution in [1.82, 2.24) is 25.4 Å². The summed E-state index contributed by atoms with van der Waals surface area (Å²) < 4.78 is 26.1. The first-order valence-electron chi connectivity index (χ1n) is 15.0. The third kappa shape index (κ3) is 6.57. The molecule has 5 N–H and O–H groups in total. The molecule has 13 heteroatoms. The van der Waals surface area contributed by atoms with Gasteiger partial charge in [0.2, 0.25) is 5.95 Å². The van der Waals surface area contributed by atoms with Crippen LogP contribution in [0.3, 0.4) is 0 Å². The lowest BCUT2D eigenvalue weighted by Crippen LogP contribution is -2.43. The number of fused-ring (bicyclic) bond motifs is 1. The van der Waals surface area contributed by atoms with Crippen LogP contribution >= 0.6 is 0 Å². The summed E-state index contributed by atoms with van der Waals surface area (Å²) in [5.74, 6) is 0.189. The van der Waals surface area contributed by atoms with E-state index in [1.54, 1.807) is 30.0 Å². The van der Waals surface area contributed by atoms with E-state index in [2.05, 4.69) is 26.3 Å². The summed E-state index contributed by atoms with van der Waals surface area (Å²) in [5.41, 5.74) is 3.31. The third-order valence-corrected chi connectivity index (χ3v) is 8.48. The van der Waals surface area contributed by atoms with Gasteiger partial charge in [-0.3, -0.25) is 10.1 Å². The number of benzene rings is 2. The summed E-state index contributed by atoms with van der Waals surface area (Å²) in [4.78, 5) is 29.1. The zero-order valence-electron chi connectivity index (χ0n) is 25.5. The molecule has 1 saturated carbocycles. The molecule has 4 aromatic rings. The molecule has 3 amide bonds. The number of nitrogens with one attached hydrogen (secondary N) is 4. The number of methoxy groups -OCH3 is 1. The summed E-state index contributed by atoms with van der Waals surface area (Å²) in [6.07, 6.45) is 1.25. The number of pyridine rings is 1. The number of aliphatic hydroxyl groups excluding tert-OH is 1. The predicted molar refractivity (Wildman–Crippen MR) is 170 cm³/mol. The Hall–Kier alpha value is -4.85. The van der Waals surface area contributed by atoms with Crippen LogP contribution in [0.4, 0.5) is 20.7 Å². The topological polar surface area (TPSA) is 152 Å². The minimum Gasteiger partial charge on any atom is -0.482 e. The van der Waals surface area contributed by atoms with E-state index >= 15 is 0 Å². The van der Waals surface area contributed by atoms with E-state index in [-0.39, 0.29) is 25.0 Å². The molecule has 2 aliphatic rings. The Bertz CT molecular complexity index is 1730. The maximum Gasteiger partial charge on any atom is 0.320 e. The number of nitrogens with zero attached hydrogens (tertiary/aromatic N) is 3. The number of rotatable bonds is 12. The van der Waals surface area contributed by atoms with Gasteiger partial charge in [-0.2, -0.15) is 9.49 Å². The zero-order valence-corrected chi connectivity index (χ0v) is 25.5. The van der Waals surface area contributed by atoms with E-state index in [4.69, 9.17) is 14.6 Å². The van der Waals surface area contributed by atoms with Gasteiger partial charge in [0.05, 0.1) is 29.8 Å². The van der Waals surface area contributed by atoms with Gasteiger partial charge in [-0.15, -0.1) is 0 Å². The number of hydrogen-bond donors (Lipinski definition) is 5. The summed E-state index contributed by atoms with van der Waals surface area (Å²) in [6, 6.07) is 17.0. The highest BCUT2D eigenvalue weighted by Gasteiger charge is 2.59. The Kier molecular flexibility index (Phi) is 8.97. The van der Waals surface area contributed by atoms with Gasteiger partial charge in [-0.05, 0) is 67.8 Å². The smallest absolute Gasteiger partial charge is 0.320 e. The Balaban J connectivity index is 1.23. The van der Waals surface area contributed by atoms with Crippen LogP contribution in [-0.4, -0.2) is 77.4 Å². The molecule has 0 saturated heterocycles. The molecule has 1 fully saturated rings. The second-order valence-corrected chi connectivity index (χ2v) is 11.6. The Morgan fingerprint density at radius 3 is 2.85 bits per heavy atom. The van der Waals surface area contributed by atoms with Gasteiger partial charge >= 0.3 is 6.03 Å². The number of halogens is 1. The van der Waals surface area contributed by atoms with Gasteiger partial charge in [0.25, 0.3) is 5.91 Å². The van der Waals surface area contributed by atoms with Gasteiger partial charge in [-0.1, -0.05) is 18.2 Å². The van der Waals surface area contributed by atoms with Crippen molar-refractivity contribution in [3.63, 3.8) is 0 Å².